The van der Waals surface area contributed by atoms with Crippen LogP contribution in [0.25, 0.3) is 0 Å². The van der Waals surface area contributed by atoms with Crippen molar-refractivity contribution in [1.29, 1.82) is 0 Å². The number of ether oxygens (including phenoxy) is 1. The van der Waals surface area contributed by atoms with Crippen LogP contribution in [0.5, 0.6) is 0 Å². The molecule has 0 radical (unpaired) electrons. The van der Waals surface area contributed by atoms with Crippen molar-refractivity contribution < 1.29 is 47.9 Å². The molecular formula is C49H95N15O10. The lowest BCUT2D eigenvalue weighted by molar-refractivity contribution is -0.130. The molecule has 0 aliphatic rings. The molecule has 0 aliphatic carbocycles. The Labute approximate surface area is 439 Å². The summed E-state index contributed by atoms with van der Waals surface area (Å²) in [7, 11) is 1.50. The Hall–Kier alpha value is -6.43. The van der Waals surface area contributed by atoms with E-state index in [4.69, 9.17) is 4.74 Å². The van der Waals surface area contributed by atoms with Crippen molar-refractivity contribution in [3.63, 3.8) is 0 Å². The van der Waals surface area contributed by atoms with Gasteiger partial charge in [0.05, 0.1) is 6.04 Å². The quantitative estimate of drug-likeness (QED) is 0.0466. The summed E-state index contributed by atoms with van der Waals surface area (Å²) in [6.07, 6.45) is 0.730. The topological polar surface area (TPSA) is 343 Å². The molecule has 426 valence electrons. The highest BCUT2D eigenvalue weighted by atomic mass is 16.6. The van der Waals surface area contributed by atoms with Gasteiger partial charge in [-0.3, -0.25) is 9.59 Å². The average Bonchev–Trinajstić information content (AvgIpc) is 3.26. The number of carbonyl (C=O) groups is 9. The van der Waals surface area contributed by atoms with Crippen LogP contribution in [0.3, 0.4) is 0 Å². The molecule has 74 heavy (non-hydrogen) atoms. The molecule has 0 rings (SSSR count). The molecule has 0 bridgehead atoms. The second-order valence-corrected chi connectivity index (χ2v) is 21.5. The number of carbonyl (C=O) groups excluding carboxylic acids is 9. The van der Waals surface area contributed by atoms with E-state index in [0.29, 0.717) is 24.8 Å². The van der Waals surface area contributed by atoms with Crippen LogP contribution in [0.4, 0.5) is 33.6 Å². The lowest BCUT2D eigenvalue weighted by Gasteiger charge is -2.28. The summed E-state index contributed by atoms with van der Waals surface area (Å²) in [5.41, 5.74) is -0.184. The van der Waals surface area contributed by atoms with Crippen LogP contribution in [-0.4, -0.2) is 154 Å². The fraction of sp³-hybridized carbons (Fsp3) is 0.776. The molecule has 0 aliphatic heterocycles. The number of nitrogens with one attached hydrogen (secondary N) is 15. The first-order valence-electron chi connectivity index (χ1n) is 25.7. The highest BCUT2D eigenvalue weighted by Gasteiger charge is 2.29. The van der Waals surface area contributed by atoms with Gasteiger partial charge in [-0.15, -0.1) is 0 Å². The van der Waals surface area contributed by atoms with Crippen LogP contribution in [0.1, 0.15) is 123 Å². The third kappa shape index (κ3) is 33.3. The third-order valence-electron chi connectivity index (χ3n) is 10.8. The van der Waals surface area contributed by atoms with E-state index in [0.717, 1.165) is 0 Å². The van der Waals surface area contributed by atoms with E-state index in [1.54, 1.807) is 41.5 Å². The van der Waals surface area contributed by atoms with Crippen LogP contribution in [0.15, 0.2) is 12.2 Å². The minimum absolute atomic E-state index is 0.0119. The van der Waals surface area contributed by atoms with E-state index in [-0.39, 0.29) is 75.0 Å². The summed E-state index contributed by atoms with van der Waals surface area (Å²) in [6.45, 7) is 31.8. The van der Waals surface area contributed by atoms with Gasteiger partial charge in [0.25, 0.3) is 0 Å². The van der Waals surface area contributed by atoms with Gasteiger partial charge >= 0.3 is 42.3 Å². The van der Waals surface area contributed by atoms with Crippen LogP contribution in [-0.2, 0) is 14.3 Å². The molecule has 0 unspecified atom stereocenters. The van der Waals surface area contributed by atoms with Crippen molar-refractivity contribution >= 4 is 54.1 Å². The van der Waals surface area contributed by atoms with E-state index >= 15 is 0 Å². The second kappa shape index (κ2) is 34.9. The molecule has 8 atom stereocenters. The maximum absolute atomic E-state index is 13.5. The number of rotatable bonds is 30. The fourth-order valence-electron chi connectivity index (χ4n) is 6.90. The fourth-order valence-corrected chi connectivity index (χ4v) is 6.90. The summed E-state index contributed by atoms with van der Waals surface area (Å²) in [5, 5.41) is 41.1. The molecule has 0 aromatic carbocycles. The van der Waals surface area contributed by atoms with Crippen molar-refractivity contribution in [3.8, 4) is 0 Å². The van der Waals surface area contributed by atoms with Gasteiger partial charge in [0.2, 0.25) is 11.8 Å². The van der Waals surface area contributed by atoms with E-state index < -0.39 is 96.0 Å². The largest absolute Gasteiger partial charge is 0.444 e. The summed E-state index contributed by atoms with van der Waals surface area (Å²) in [4.78, 5) is 115. The molecule has 15 amide bonds. The Balaban J connectivity index is 5.10. The minimum Gasteiger partial charge on any atom is -0.444 e. The van der Waals surface area contributed by atoms with Crippen LogP contribution in [0, 0.1) is 23.7 Å². The Bertz CT molecular complexity index is 1810. The first-order chi connectivity index (χ1) is 34.3. The first kappa shape index (κ1) is 67.6. The molecule has 0 aromatic heterocycles. The smallest absolute Gasteiger partial charge is 0.408 e. The third-order valence-corrected chi connectivity index (χ3v) is 10.8. The molecule has 0 heterocycles. The number of amides is 15. The molecule has 0 saturated carbocycles. The number of urea groups is 6. The van der Waals surface area contributed by atoms with E-state index in [2.05, 4.69) is 86.3 Å². The number of hydrogen-bond acceptors (Lipinski definition) is 10. The van der Waals surface area contributed by atoms with Crippen molar-refractivity contribution in [2.45, 2.75) is 177 Å². The van der Waals surface area contributed by atoms with Gasteiger partial charge in [-0.2, -0.15) is 0 Å². The summed E-state index contributed by atoms with van der Waals surface area (Å²) in [5.74, 6) is -0.647. The van der Waals surface area contributed by atoms with Gasteiger partial charge in [-0.1, -0.05) is 67.5 Å². The average molecular weight is 1050 g/mol. The molecule has 0 spiro atoms. The van der Waals surface area contributed by atoms with Gasteiger partial charge < -0.3 is 84.5 Å². The second-order valence-electron chi connectivity index (χ2n) is 21.5. The van der Waals surface area contributed by atoms with Gasteiger partial charge in [0, 0.05) is 76.5 Å². The number of alkyl carbamates (subject to hydrolysis) is 1. The molecule has 15 N–H and O–H groups in total. The monoisotopic (exact) mass is 1050 g/mol. The lowest BCUT2D eigenvalue weighted by Crippen LogP contribution is -2.57. The predicted octanol–water partition coefficient (Wildman–Crippen LogP) is 2.55. The molecule has 25 nitrogen and oxygen atoms in total. The Morgan fingerprint density at radius 3 is 1.27 bits per heavy atom. The highest BCUT2D eigenvalue weighted by molar-refractivity contribution is 5.91. The maximum atomic E-state index is 13.5. The summed E-state index contributed by atoms with van der Waals surface area (Å²) < 4.78 is 5.23. The van der Waals surface area contributed by atoms with Crippen molar-refractivity contribution in [2.75, 3.05) is 46.3 Å². The summed E-state index contributed by atoms with van der Waals surface area (Å²) >= 11 is 0. The molecular weight excluding hydrogens is 959 g/mol. The maximum Gasteiger partial charge on any atom is 0.408 e. The molecule has 0 fully saturated rings. The Morgan fingerprint density at radius 1 is 0.446 bits per heavy atom. The van der Waals surface area contributed by atoms with Crippen molar-refractivity contribution in [2.24, 2.45) is 23.7 Å². The van der Waals surface area contributed by atoms with Gasteiger partial charge in [-0.25, -0.2) is 33.6 Å². The first-order valence-corrected chi connectivity index (χ1v) is 25.7. The lowest BCUT2D eigenvalue weighted by atomic mass is 10.00. The molecule has 25 heteroatoms. The van der Waals surface area contributed by atoms with Gasteiger partial charge in [0.15, 0.2) is 0 Å². The minimum atomic E-state index is -0.976. The van der Waals surface area contributed by atoms with Crippen LogP contribution < -0.4 is 79.8 Å². The zero-order valence-electron chi connectivity index (χ0n) is 47.1. The molecule has 0 saturated heterocycles. The predicted molar refractivity (Wildman–Crippen MR) is 286 cm³/mol. The number of hydrogen-bond donors (Lipinski definition) is 15. The van der Waals surface area contributed by atoms with E-state index in [9.17, 15) is 43.2 Å². The van der Waals surface area contributed by atoms with Crippen LogP contribution in [0.2, 0.25) is 0 Å². The SMILES string of the molecule is C=C(C)[C@@H](CNC(=O)N[C@@H](C)CNC(=O)N[C@H](CNC(=O)NC)CC(C)C)NC(=O)NC[C@H](CC(C)C)NC(=O)NC[C@H](C)NC(=O)NC[C@@H](NC(=O)[C@H](CC(C)C)NC(=O)[C@H](C)NC(=O)OC(C)(C)C)C(C)C. The zero-order valence-corrected chi connectivity index (χ0v) is 47.1. The normalized spacial score (nSPS) is 14.5. The standard InChI is InChI=1S/C49H95N15O10/c1-27(2)18-35(23-53-42(67)50-17)60-45(70)51-22-33(12)58-44(69)56-26-39(31(9)10)64-47(72)54-24-36(19-28(3)4)61-46(71)52-21-32(11)57-43(68)55-25-38(30(7)8)63-41(66)37(20-29(5)6)62-40(65)34(13)59-48(73)74-49(14,15)16/h27-30,32-39H,9,18-26H2,1-8,10-17H3,(H,59,73)(H,62,65)(H,63,66)(H2,50,53,67)(H2,51,60,70)(H2,52,61,71)(H2,54,64,72)(H2,55,57,68)(H2,56,58,69)/t32-,33-,34-,35-,36-,37-,38+,39+/m0/s1. The van der Waals surface area contributed by atoms with Gasteiger partial charge in [-0.05, 0) is 91.4 Å². The highest BCUT2D eigenvalue weighted by Crippen LogP contribution is 2.10. The van der Waals surface area contributed by atoms with E-state index in [1.165, 1.54) is 14.0 Å². The molecule has 0 aromatic rings. The van der Waals surface area contributed by atoms with Crippen LogP contribution >= 0.6 is 0 Å². The summed E-state index contributed by atoms with van der Waals surface area (Å²) in [6, 6.07) is -7.71. The zero-order chi connectivity index (χ0) is 56.9. The van der Waals surface area contributed by atoms with E-state index in [1.807, 2.05) is 55.4 Å². The van der Waals surface area contributed by atoms with Crippen molar-refractivity contribution in [3.05, 3.63) is 12.2 Å². The Morgan fingerprint density at radius 2 is 0.851 bits per heavy atom. The Kier molecular flexibility index (Phi) is 31.9. The van der Waals surface area contributed by atoms with Gasteiger partial charge in [0.1, 0.15) is 17.7 Å². The van der Waals surface area contributed by atoms with Crippen molar-refractivity contribution in [1.82, 2.24) is 79.8 Å².